The van der Waals surface area contributed by atoms with Gasteiger partial charge in [0.2, 0.25) is 0 Å². The van der Waals surface area contributed by atoms with Gasteiger partial charge in [-0.05, 0) is 36.4 Å². The monoisotopic (exact) mass is 391 g/mol. The molecule has 1 aliphatic rings. The van der Waals surface area contributed by atoms with Crippen LogP contribution in [0.5, 0.6) is 0 Å². The number of thioether (sulfide) groups is 2. The standard InChI is InChI=1S/C23H21NOS2/c25-23(18-10-4-1-5-11-18)24-16-21(26-19-12-6-2-7-13-19)22(17-24)27-20-14-8-3-9-15-20/h1-15,21-22H,16-17H2/t21-,22-/m1/s1. The fourth-order valence-electron chi connectivity index (χ4n) is 3.25. The number of nitrogens with zero attached hydrogens (tertiary/aromatic N) is 1. The van der Waals surface area contributed by atoms with Crippen LogP contribution in [0.2, 0.25) is 0 Å². The average Bonchev–Trinajstić information content (AvgIpc) is 3.12. The minimum Gasteiger partial charge on any atom is -0.336 e. The van der Waals surface area contributed by atoms with Crippen molar-refractivity contribution >= 4 is 29.4 Å². The SMILES string of the molecule is O=C(c1ccccc1)N1C[C@@H](Sc2ccccc2)[C@H](Sc2ccccc2)C1. The van der Waals surface area contributed by atoms with E-state index < -0.39 is 0 Å². The van der Waals surface area contributed by atoms with Gasteiger partial charge >= 0.3 is 0 Å². The predicted molar refractivity (Wildman–Crippen MR) is 115 cm³/mol. The lowest BCUT2D eigenvalue weighted by atomic mass is 10.2. The first-order chi connectivity index (χ1) is 13.3. The molecule has 136 valence electrons. The van der Waals surface area contributed by atoms with Crippen molar-refractivity contribution in [2.45, 2.75) is 20.3 Å². The van der Waals surface area contributed by atoms with E-state index >= 15 is 0 Å². The van der Waals surface area contributed by atoms with E-state index in [0.717, 1.165) is 18.7 Å². The van der Waals surface area contributed by atoms with Gasteiger partial charge in [0, 0.05) is 38.9 Å². The summed E-state index contributed by atoms with van der Waals surface area (Å²) in [7, 11) is 0. The van der Waals surface area contributed by atoms with Crippen molar-refractivity contribution in [2.75, 3.05) is 13.1 Å². The van der Waals surface area contributed by atoms with Crippen LogP contribution in [0.4, 0.5) is 0 Å². The zero-order chi connectivity index (χ0) is 18.5. The Kier molecular flexibility index (Phi) is 5.85. The third kappa shape index (κ3) is 4.57. The van der Waals surface area contributed by atoms with Crippen LogP contribution in [-0.4, -0.2) is 34.4 Å². The first-order valence-corrected chi connectivity index (χ1v) is 10.8. The molecule has 1 amide bonds. The summed E-state index contributed by atoms with van der Waals surface area (Å²) in [5, 5.41) is 0.732. The lowest BCUT2D eigenvalue weighted by molar-refractivity contribution is 0.0794. The van der Waals surface area contributed by atoms with Gasteiger partial charge in [-0.15, -0.1) is 23.5 Å². The smallest absolute Gasteiger partial charge is 0.253 e. The molecule has 1 heterocycles. The van der Waals surface area contributed by atoms with Gasteiger partial charge in [0.1, 0.15) is 0 Å². The second-order valence-electron chi connectivity index (χ2n) is 6.51. The van der Waals surface area contributed by atoms with Crippen LogP contribution in [0.15, 0.2) is 101 Å². The van der Waals surface area contributed by atoms with E-state index in [4.69, 9.17) is 0 Å². The second kappa shape index (κ2) is 8.68. The molecular weight excluding hydrogens is 370 g/mol. The Hall–Kier alpha value is -2.17. The maximum Gasteiger partial charge on any atom is 0.253 e. The highest BCUT2D eigenvalue weighted by Gasteiger charge is 2.36. The van der Waals surface area contributed by atoms with E-state index in [1.54, 1.807) is 0 Å². The Balaban J connectivity index is 1.53. The molecule has 0 aliphatic carbocycles. The lowest BCUT2D eigenvalue weighted by Gasteiger charge is -2.17. The summed E-state index contributed by atoms with van der Waals surface area (Å²) >= 11 is 3.76. The van der Waals surface area contributed by atoms with Gasteiger partial charge in [0.05, 0.1) is 0 Å². The number of carbonyl (C=O) groups excluding carboxylic acids is 1. The van der Waals surface area contributed by atoms with E-state index in [-0.39, 0.29) is 5.91 Å². The fraction of sp³-hybridized carbons (Fsp3) is 0.174. The maximum atomic E-state index is 13.0. The summed E-state index contributed by atoms with van der Waals surface area (Å²) in [4.78, 5) is 17.5. The lowest BCUT2D eigenvalue weighted by Crippen LogP contribution is -2.29. The van der Waals surface area contributed by atoms with Crippen LogP contribution >= 0.6 is 23.5 Å². The molecule has 1 saturated heterocycles. The van der Waals surface area contributed by atoms with Crippen molar-refractivity contribution < 1.29 is 4.79 Å². The highest BCUT2D eigenvalue weighted by molar-refractivity contribution is 8.04. The highest BCUT2D eigenvalue weighted by atomic mass is 32.2. The zero-order valence-corrected chi connectivity index (χ0v) is 16.5. The molecule has 2 atom stereocenters. The number of hydrogen-bond acceptors (Lipinski definition) is 3. The highest BCUT2D eigenvalue weighted by Crippen LogP contribution is 2.39. The molecule has 3 aromatic rings. The summed E-state index contributed by atoms with van der Waals surface area (Å²) in [6.07, 6.45) is 0. The van der Waals surface area contributed by atoms with E-state index in [9.17, 15) is 4.79 Å². The Bertz CT molecular complexity index is 821. The van der Waals surface area contributed by atoms with E-state index in [1.165, 1.54) is 9.79 Å². The average molecular weight is 392 g/mol. The molecule has 0 spiro atoms. The van der Waals surface area contributed by atoms with Crippen LogP contribution in [0, 0.1) is 0 Å². The molecule has 0 aromatic heterocycles. The minimum absolute atomic E-state index is 0.130. The van der Waals surface area contributed by atoms with Crippen molar-refractivity contribution in [3.8, 4) is 0 Å². The minimum atomic E-state index is 0.130. The Morgan fingerprint density at radius 2 is 1.07 bits per heavy atom. The van der Waals surface area contributed by atoms with Crippen molar-refractivity contribution in [3.05, 3.63) is 96.6 Å². The van der Waals surface area contributed by atoms with Gasteiger partial charge in [0.15, 0.2) is 0 Å². The number of rotatable bonds is 5. The Morgan fingerprint density at radius 3 is 1.52 bits per heavy atom. The van der Waals surface area contributed by atoms with Crippen LogP contribution in [0.1, 0.15) is 10.4 Å². The summed E-state index contributed by atoms with van der Waals surface area (Å²) in [6, 6.07) is 30.6. The van der Waals surface area contributed by atoms with Crippen LogP contribution in [0.25, 0.3) is 0 Å². The molecule has 4 heteroatoms. The normalized spacial score (nSPS) is 19.2. The first kappa shape index (κ1) is 18.2. The number of likely N-dealkylation sites (tertiary alicyclic amines) is 1. The molecule has 0 N–H and O–H groups in total. The number of carbonyl (C=O) groups is 1. The van der Waals surface area contributed by atoms with Gasteiger partial charge in [-0.3, -0.25) is 4.79 Å². The molecule has 0 radical (unpaired) electrons. The molecular formula is C23H21NOS2. The molecule has 27 heavy (non-hydrogen) atoms. The topological polar surface area (TPSA) is 20.3 Å². The maximum absolute atomic E-state index is 13.0. The number of benzene rings is 3. The summed E-state index contributed by atoms with van der Waals surface area (Å²) < 4.78 is 0. The first-order valence-electron chi connectivity index (χ1n) is 9.07. The fourth-order valence-corrected chi connectivity index (χ4v) is 5.89. The van der Waals surface area contributed by atoms with Crippen molar-refractivity contribution in [2.24, 2.45) is 0 Å². The molecule has 2 nitrogen and oxygen atoms in total. The van der Waals surface area contributed by atoms with Crippen LogP contribution < -0.4 is 0 Å². The zero-order valence-electron chi connectivity index (χ0n) is 14.9. The molecule has 1 fully saturated rings. The van der Waals surface area contributed by atoms with Crippen molar-refractivity contribution in [1.82, 2.24) is 4.90 Å². The van der Waals surface area contributed by atoms with Gasteiger partial charge in [-0.1, -0.05) is 54.6 Å². The number of amides is 1. The quantitative estimate of drug-likeness (QED) is 0.576. The molecule has 0 unspecified atom stereocenters. The van der Waals surface area contributed by atoms with Crippen molar-refractivity contribution in [3.63, 3.8) is 0 Å². The van der Waals surface area contributed by atoms with Gasteiger partial charge < -0.3 is 4.90 Å². The number of hydrogen-bond donors (Lipinski definition) is 0. The Morgan fingerprint density at radius 1 is 0.667 bits per heavy atom. The van der Waals surface area contributed by atoms with Gasteiger partial charge in [-0.25, -0.2) is 0 Å². The molecule has 3 aromatic carbocycles. The second-order valence-corrected chi connectivity index (χ2v) is 9.14. The van der Waals surface area contributed by atoms with Crippen LogP contribution in [-0.2, 0) is 0 Å². The van der Waals surface area contributed by atoms with E-state index in [2.05, 4.69) is 48.5 Å². The summed E-state index contributed by atoms with van der Waals surface area (Å²) in [5.41, 5.74) is 0.770. The summed E-state index contributed by atoms with van der Waals surface area (Å²) in [6.45, 7) is 1.55. The molecule has 0 bridgehead atoms. The van der Waals surface area contributed by atoms with E-state index in [1.807, 2.05) is 70.9 Å². The third-order valence-electron chi connectivity index (χ3n) is 4.58. The van der Waals surface area contributed by atoms with Crippen molar-refractivity contribution in [1.29, 1.82) is 0 Å². The van der Waals surface area contributed by atoms with Crippen LogP contribution in [0.3, 0.4) is 0 Å². The molecule has 4 rings (SSSR count). The predicted octanol–water partition coefficient (Wildman–Crippen LogP) is 5.46. The van der Waals surface area contributed by atoms with Gasteiger partial charge in [0.25, 0.3) is 5.91 Å². The largest absolute Gasteiger partial charge is 0.336 e. The Labute approximate surface area is 169 Å². The van der Waals surface area contributed by atoms with E-state index in [0.29, 0.717) is 10.5 Å². The van der Waals surface area contributed by atoms with Gasteiger partial charge in [-0.2, -0.15) is 0 Å². The molecule has 0 saturated carbocycles. The summed E-state index contributed by atoms with van der Waals surface area (Å²) in [5.74, 6) is 0.130. The molecule has 1 aliphatic heterocycles. The third-order valence-corrected chi connectivity index (χ3v) is 7.41.